The van der Waals surface area contributed by atoms with Crippen LogP contribution >= 0.6 is 0 Å². The van der Waals surface area contributed by atoms with Crippen LogP contribution in [0.15, 0.2) is 72.8 Å². The summed E-state index contributed by atoms with van der Waals surface area (Å²) in [5.74, 6) is 0.469. The predicted molar refractivity (Wildman–Crippen MR) is 106 cm³/mol. The highest BCUT2D eigenvalue weighted by molar-refractivity contribution is 5.82. The largest absolute Gasteiger partial charge is 0.311 e. The van der Waals surface area contributed by atoms with Crippen molar-refractivity contribution in [3.05, 3.63) is 89.5 Å². The van der Waals surface area contributed by atoms with E-state index in [1.807, 2.05) is 24.3 Å². The number of hydrogen-bond donors (Lipinski definition) is 0. The van der Waals surface area contributed by atoms with Crippen LogP contribution in [0.4, 0.5) is 17.1 Å². The molecule has 0 spiro atoms. The molecule has 0 saturated heterocycles. The first-order valence-electron chi connectivity index (χ1n) is 8.63. The highest BCUT2D eigenvalue weighted by Gasteiger charge is 2.13. The quantitative estimate of drug-likeness (QED) is 0.523. The fraction of sp³-hybridized carbons (Fsp3) is 0.130. The van der Waals surface area contributed by atoms with Crippen molar-refractivity contribution in [3.8, 4) is 0 Å². The minimum absolute atomic E-state index is 0.469. The summed E-state index contributed by atoms with van der Waals surface area (Å²) in [5.41, 5.74) is 5.48. The van der Waals surface area contributed by atoms with Crippen molar-refractivity contribution in [2.45, 2.75) is 19.8 Å². The lowest BCUT2D eigenvalue weighted by atomic mass is 10.0. The van der Waals surface area contributed by atoms with Crippen LogP contribution in [0.3, 0.4) is 0 Å². The maximum atomic E-state index is 11.0. The Morgan fingerprint density at radius 1 is 0.615 bits per heavy atom. The van der Waals surface area contributed by atoms with E-state index in [1.54, 1.807) is 24.3 Å². The standard InChI is InChI=1S/C23H21NO2/c1-17(2)20-7-13-23(14-8-20)24(21-9-3-18(15-25)4-10-21)22-11-5-19(16-26)6-12-22/h3-17H,1-2H3. The van der Waals surface area contributed by atoms with Gasteiger partial charge in [-0.1, -0.05) is 26.0 Å². The summed E-state index contributed by atoms with van der Waals surface area (Å²) in [6, 6.07) is 23.4. The van der Waals surface area contributed by atoms with E-state index in [2.05, 4.69) is 43.0 Å². The average Bonchev–Trinajstić information content (AvgIpc) is 2.69. The molecule has 3 rings (SSSR count). The molecule has 3 nitrogen and oxygen atoms in total. The molecule has 26 heavy (non-hydrogen) atoms. The fourth-order valence-electron chi connectivity index (χ4n) is 2.86. The molecule has 0 atom stereocenters. The SMILES string of the molecule is CC(C)c1ccc(N(c2ccc(C=O)cc2)c2ccc(C=O)cc2)cc1. The monoisotopic (exact) mass is 343 g/mol. The molecule has 0 N–H and O–H groups in total. The lowest BCUT2D eigenvalue weighted by Crippen LogP contribution is -2.10. The van der Waals surface area contributed by atoms with Gasteiger partial charge in [0.25, 0.3) is 0 Å². The lowest BCUT2D eigenvalue weighted by molar-refractivity contribution is 0.111. The molecule has 0 heterocycles. The molecular weight excluding hydrogens is 322 g/mol. The van der Waals surface area contributed by atoms with E-state index >= 15 is 0 Å². The van der Waals surface area contributed by atoms with Crippen molar-refractivity contribution < 1.29 is 9.59 Å². The van der Waals surface area contributed by atoms with E-state index in [-0.39, 0.29) is 0 Å². The normalized spacial score (nSPS) is 10.6. The lowest BCUT2D eigenvalue weighted by Gasteiger charge is -2.26. The van der Waals surface area contributed by atoms with Gasteiger partial charge in [0.1, 0.15) is 12.6 Å². The first kappa shape index (κ1) is 17.6. The van der Waals surface area contributed by atoms with Crippen LogP contribution in [0.5, 0.6) is 0 Å². The molecule has 0 unspecified atom stereocenters. The smallest absolute Gasteiger partial charge is 0.150 e. The molecule has 0 amide bonds. The van der Waals surface area contributed by atoms with E-state index in [4.69, 9.17) is 0 Å². The highest BCUT2D eigenvalue weighted by atomic mass is 16.1. The van der Waals surface area contributed by atoms with Gasteiger partial charge < -0.3 is 4.90 Å². The Bertz CT molecular complexity index is 828. The van der Waals surface area contributed by atoms with E-state index in [9.17, 15) is 9.59 Å². The first-order chi connectivity index (χ1) is 12.6. The summed E-state index contributed by atoms with van der Waals surface area (Å²) in [6.45, 7) is 4.34. The molecule has 3 heteroatoms. The molecule has 0 aliphatic heterocycles. The number of aldehydes is 2. The Morgan fingerprint density at radius 3 is 1.27 bits per heavy atom. The Hall–Kier alpha value is -3.20. The minimum Gasteiger partial charge on any atom is -0.311 e. The van der Waals surface area contributed by atoms with Gasteiger partial charge in [-0.3, -0.25) is 9.59 Å². The summed E-state index contributed by atoms with van der Waals surface area (Å²) in [4.78, 5) is 24.0. The van der Waals surface area contributed by atoms with Crippen LogP contribution in [0.25, 0.3) is 0 Å². The number of carbonyl (C=O) groups excluding carboxylic acids is 2. The van der Waals surface area contributed by atoms with Crippen LogP contribution < -0.4 is 4.90 Å². The number of hydrogen-bond acceptors (Lipinski definition) is 3. The van der Waals surface area contributed by atoms with Gasteiger partial charge in [0.15, 0.2) is 0 Å². The van der Waals surface area contributed by atoms with Crippen molar-refractivity contribution >= 4 is 29.6 Å². The Balaban J connectivity index is 2.07. The van der Waals surface area contributed by atoms with Crippen molar-refractivity contribution in [2.24, 2.45) is 0 Å². The van der Waals surface area contributed by atoms with Crippen LogP contribution in [-0.2, 0) is 0 Å². The zero-order valence-corrected chi connectivity index (χ0v) is 14.9. The number of carbonyl (C=O) groups is 2. The Kier molecular flexibility index (Phi) is 5.28. The van der Waals surface area contributed by atoms with Gasteiger partial charge in [-0.25, -0.2) is 0 Å². The Morgan fingerprint density at radius 2 is 0.962 bits per heavy atom. The average molecular weight is 343 g/mol. The van der Waals surface area contributed by atoms with E-state index in [0.717, 1.165) is 29.6 Å². The molecular formula is C23H21NO2. The molecule has 0 aliphatic rings. The molecule has 0 bridgehead atoms. The van der Waals surface area contributed by atoms with Gasteiger partial charge in [0.2, 0.25) is 0 Å². The third-order valence-electron chi connectivity index (χ3n) is 4.39. The fourth-order valence-corrected chi connectivity index (χ4v) is 2.86. The number of benzene rings is 3. The summed E-state index contributed by atoms with van der Waals surface area (Å²) in [7, 11) is 0. The summed E-state index contributed by atoms with van der Waals surface area (Å²) in [6.07, 6.45) is 1.68. The third-order valence-corrected chi connectivity index (χ3v) is 4.39. The van der Waals surface area contributed by atoms with Crippen molar-refractivity contribution in [3.63, 3.8) is 0 Å². The third kappa shape index (κ3) is 3.72. The highest BCUT2D eigenvalue weighted by Crippen LogP contribution is 2.35. The summed E-state index contributed by atoms with van der Waals surface area (Å²) < 4.78 is 0. The molecule has 130 valence electrons. The molecule has 0 radical (unpaired) electrons. The van der Waals surface area contributed by atoms with Crippen molar-refractivity contribution in [2.75, 3.05) is 4.90 Å². The first-order valence-corrected chi connectivity index (χ1v) is 8.63. The predicted octanol–water partition coefficient (Wildman–Crippen LogP) is 5.90. The number of anilines is 3. The van der Waals surface area contributed by atoms with Gasteiger partial charge in [-0.15, -0.1) is 0 Å². The van der Waals surface area contributed by atoms with Gasteiger partial charge in [-0.05, 0) is 72.1 Å². The summed E-state index contributed by atoms with van der Waals surface area (Å²) in [5, 5.41) is 0. The van der Waals surface area contributed by atoms with E-state index < -0.39 is 0 Å². The second kappa shape index (κ2) is 7.79. The van der Waals surface area contributed by atoms with Gasteiger partial charge in [0, 0.05) is 28.2 Å². The van der Waals surface area contributed by atoms with Gasteiger partial charge >= 0.3 is 0 Å². The molecule has 3 aromatic carbocycles. The van der Waals surface area contributed by atoms with Crippen LogP contribution in [-0.4, -0.2) is 12.6 Å². The number of nitrogens with zero attached hydrogens (tertiary/aromatic N) is 1. The Labute approximate surface area is 153 Å². The molecule has 0 aliphatic carbocycles. The molecule has 0 fully saturated rings. The van der Waals surface area contributed by atoms with Crippen LogP contribution in [0.1, 0.15) is 46.0 Å². The minimum atomic E-state index is 0.469. The zero-order valence-electron chi connectivity index (χ0n) is 14.9. The second-order valence-corrected chi connectivity index (χ2v) is 6.50. The van der Waals surface area contributed by atoms with E-state index in [1.165, 1.54) is 5.56 Å². The van der Waals surface area contributed by atoms with Crippen LogP contribution in [0.2, 0.25) is 0 Å². The second-order valence-electron chi connectivity index (χ2n) is 6.50. The zero-order chi connectivity index (χ0) is 18.5. The summed E-state index contributed by atoms with van der Waals surface area (Å²) >= 11 is 0. The molecule has 0 saturated carbocycles. The van der Waals surface area contributed by atoms with Crippen LogP contribution in [0, 0.1) is 0 Å². The van der Waals surface area contributed by atoms with Crippen molar-refractivity contribution in [1.82, 2.24) is 0 Å². The van der Waals surface area contributed by atoms with Crippen molar-refractivity contribution in [1.29, 1.82) is 0 Å². The number of rotatable bonds is 6. The van der Waals surface area contributed by atoms with Gasteiger partial charge in [0.05, 0.1) is 0 Å². The van der Waals surface area contributed by atoms with Gasteiger partial charge in [-0.2, -0.15) is 0 Å². The molecule has 0 aromatic heterocycles. The maximum Gasteiger partial charge on any atom is 0.150 e. The topological polar surface area (TPSA) is 37.4 Å². The molecule has 3 aromatic rings. The van der Waals surface area contributed by atoms with E-state index in [0.29, 0.717) is 17.0 Å². The maximum absolute atomic E-state index is 11.0.